The molecule has 2 saturated heterocycles. The van der Waals surface area contributed by atoms with Gasteiger partial charge in [-0.05, 0) is 66.0 Å². The molecule has 0 aromatic rings. The Hall–Kier alpha value is -2.27. The second kappa shape index (κ2) is 20.6. The number of nitrogens with zero attached hydrogens (tertiary/aromatic N) is 1. The minimum atomic E-state index is -1.47. The molecule has 3 aliphatic heterocycles. The highest BCUT2D eigenvalue weighted by Crippen LogP contribution is 2.37. The normalized spacial score (nSPS) is 42.1. The average molecular weight is 756 g/mol. The van der Waals surface area contributed by atoms with E-state index in [1.54, 1.807) is 64.9 Å². The Morgan fingerprint density at radius 1 is 1.06 bits per heavy atom. The van der Waals surface area contributed by atoms with Crippen molar-refractivity contribution in [2.45, 2.75) is 173 Å². The molecule has 3 aliphatic rings. The number of carbonyl (C=O) groups is 3. The summed E-state index contributed by atoms with van der Waals surface area (Å²) in [4.78, 5) is 38.9. The van der Waals surface area contributed by atoms with Gasteiger partial charge >= 0.3 is 11.9 Å². The first-order valence-electron chi connectivity index (χ1n) is 19.0. The molecule has 53 heavy (non-hydrogen) atoms. The van der Waals surface area contributed by atoms with E-state index in [0.29, 0.717) is 12.8 Å². The molecular weight excluding hydrogens is 690 g/mol. The smallest absolute Gasteiger partial charge is 0.308 e. The van der Waals surface area contributed by atoms with Crippen molar-refractivity contribution in [2.75, 3.05) is 14.1 Å². The second-order valence-corrected chi connectivity index (χ2v) is 16.1. The molecule has 14 heteroatoms. The minimum Gasteiger partial charge on any atom is -0.462 e. The van der Waals surface area contributed by atoms with E-state index in [-0.39, 0.29) is 43.9 Å². The number of carbonyl (C=O) groups excluding carboxylic acids is 3. The molecule has 3 heterocycles. The third kappa shape index (κ3) is 13.5. The molecule has 3 rings (SSSR count). The number of rotatable bonds is 10. The van der Waals surface area contributed by atoms with E-state index in [2.05, 4.69) is 0 Å². The minimum absolute atomic E-state index is 0.0135. The maximum absolute atomic E-state index is 12.7. The van der Waals surface area contributed by atoms with Gasteiger partial charge in [0.05, 0.1) is 43.0 Å². The lowest BCUT2D eigenvalue weighted by molar-refractivity contribution is -0.340. The maximum Gasteiger partial charge on any atom is 0.308 e. The third-order valence-corrected chi connectivity index (χ3v) is 10.3. The van der Waals surface area contributed by atoms with Crippen molar-refractivity contribution in [1.29, 1.82) is 0 Å². The van der Waals surface area contributed by atoms with E-state index in [0.717, 1.165) is 6.29 Å². The van der Waals surface area contributed by atoms with Gasteiger partial charge in [-0.15, -0.1) is 0 Å². The highest BCUT2D eigenvalue weighted by molar-refractivity contribution is 5.70. The van der Waals surface area contributed by atoms with E-state index in [4.69, 9.17) is 28.4 Å². The summed E-state index contributed by atoms with van der Waals surface area (Å²) < 4.78 is 36.4. The molecule has 14 nitrogen and oxygen atoms in total. The Labute approximate surface area is 314 Å². The number of esters is 2. The Morgan fingerprint density at radius 3 is 2.38 bits per heavy atom. The third-order valence-electron chi connectivity index (χ3n) is 10.3. The fraction of sp³-hybridized carbons (Fsp3) is 0.821. The van der Waals surface area contributed by atoms with Crippen LogP contribution in [0.4, 0.5) is 0 Å². The number of cyclic esters (lactones) is 1. The van der Waals surface area contributed by atoms with Gasteiger partial charge in [-0.3, -0.25) is 9.59 Å². The number of allylic oxidation sites excluding steroid dienone is 2. The lowest BCUT2D eigenvalue weighted by Crippen LogP contribution is -2.65. The first-order valence-corrected chi connectivity index (χ1v) is 19.0. The van der Waals surface area contributed by atoms with Crippen molar-refractivity contribution < 1.29 is 63.2 Å². The molecule has 2 fully saturated rings. The summed E-state index contributed by atoms with van der Waals surface area (Å²) in [6.45, 7) is 12.4. The van der Waals surface area contributed by atoms with Gasteiger partial charge in [0.15, 0.2) is 18.7 Å². The van der Waals surface area contributed by atoms with Crippen LogP contribution < -0.4 is 0 Å². The van der Waals surface area contributed by atoms with Gasteiger partial charge in [0.2, 0.25) is 0 Å². The van der Waals surface area contributed by atoms with E-state index in [9.17, 15) is 34.8 Å². The largest absolute Gasteiger partial charge is 0.462 e. The summed E-state index contributed by atoms with van der Waals surface area (Å²) in [5.74, 6) is -1.73. The summed E-state index contributed by atoms with van der Waals surface area (Å²) in [6, 6.07) is -0.703. The highest BCUT2D eigenvalue weighted by atomic mass is 16.7. The van der Waals surface area contributed by atoms with Crippen LogP contribution in [-0.2, 0) is 42.8 Å². The lowest BCUT2D eigenvalue weighted by atomic mass is 9.83. The molecule has 0 aromatic heterocycles. The van der Waals surface area contributed by atoms with Gasteiger partial charge in [0.1, 0.15) is 30.2 Å². The number of hydrogen-bond acceptors (Lipinski definition) is 14. The Bertz CT molecular complexity index is 1220. The van der Waals surface area contributed by atoms with Crippen LogP contribution >= 0.6 is 0 Å². The standard InChI is InChI=1S/C39H65NO13/c1-22(2)17-31(44)52-37-26(6)49-33(21-39(37,7)47)53-36-25(5)50-38(35(46)34(36)40(8)9)51-30-19-28(42)20-32(45)48-24(4)13-11-10-12-14-29(43)23(3)18-27(30)15-16-41/h10-12,14,16,22-30,33-38,42-43,46-47H,13,15,17-21H2,1-9H3/b11-10+,14-12+/t23-,24-,25+,26+,27+,28+,29+,30-,33-,34-,35-,36-,37-,38-,39+/m1/s1. The summed E-state index contributed by atoms with van der Waals surface area (Å²) in [5, 5.41) is 45.2. The van der Waals surface area contributed by atoms with Crippen molar-refractivity contribution in [3.63, 3.8) is 0 Å². The van der Waals surface area contributed by atoms with Crippen LogP contribution in [0.1, 0.15) is 93.4 Å². The van der Waals surface area contributed by atoms with E-state index in [1.165, 1.54) is 0 Å². The van der Waals surface area contributed by atoms with Crippen LogP contribution in [0.15, 0.2) is 24.3 Å². The van der Waals surface area contributed by atoms with Gasteiger partial charge in [-0.2, -0.15) is 0 Å². The topological polar surface area (TPSA) is 191 Å². The van der Waals surface area contributed by atoms with E-state index < -0.39 is 97.0 Å². The highest BCUT2D eigenvalue weighted by Gasteiger charge is 2.52. The van der Waals surface area contributed by atoms with Crippen molar-refractivity contribution >= 4 is 18.2 Å². The molecule has 0 saturated carbocycles. The van der Waals surface area contributed by atoms with E-state index in [1.807, 2.05) is 26.8 Å². The zero-order valence-electron chi connectivity index (χ0n) is 32.9. The second-order valence-electron chi connectivity index (χ2n) is 16.1. The summed E-state index contributed by atoms with van der Waals surface area (Å²) in [7, 11) is 3.54. The molecular formula is C39H65NO13. The van der Waals surface area contributed by atoms with Crippen molar-refractivity contribution in [1.82, 2.24) is 4.90 Å². The summed E-state index contributed by atoms with van der Waals surface area (Å²) in [5.41, 5.74) is -1.47. The quantitative estimate of drug-likeness (QED) is 0.188. The van der Waals surface area contributed by atoms with Crippen LogP contribution in [0.3, 0.4) is 0 Å². The number of aliphatic hydroxyl groups is 4. The molecule has 304 valence electrons. The zero-order chi connectivity index (χ0) is 39.6. The summed E-state index contributed by atoms with van der Waals surface area (Å²) >= 11 is 0. The lowest BCUT2D eigenvalue weighted by Gasteiger charge is -2.50. The van der Waals surface area contributed by atoms with Crippen LogP contribution in [-0.4, -0.2) is 137 Å². The van der Waals surface area contributed by atoms with Crippen molar-refractivity contribution in [2.24, 2.45) is 17.8 Å². The molecule has 15 atom stereocenters. The number of aliphatic hydroxyl groups excluding tert-OH is 3. The molecule has 0 radical (unpaired) electrons. The van der Waals surface area contributed by atoms with Crippen LogP contribution in [0.5, 0.6) is 0 Å². The number of likely N-dealkylation sites (N-methyl/N-ethyl adjacent to an activating group) is 1. The first kappa shape index (κ1) is 45.1. The molecule has 0 amide bonds. The van der Waals surface area contributed by atoms with E-state index >= 15 is 0 Å². The zero-order valence-corrected chi connectivity index (χ0v) is 32.9. The fourth-order valence-electron chi connectivity index (χ4n) is 7.48. The molecule has 0 unspecified atom stereocenters. The maximum atomic E-state index is 12.7. The number of aldehydes is 1. The number of ether oxygens (including phenoxy) is 6. The van der Waals surface area contributed by atoms with Crippen LogP contribution in [0, 0.1) is 17.8 Å². The molecule has 0 aromatic carbocycles. The van der Waals surface area contributed by atoms with Gasteiger partial charge in [-0.1, -0.05) is 45.1 Å². The van der Waals surface area contributed by atoms with Gasteiger partial charge in [0, 0.05) is 32.1 Å². The molecule has 0 spiro atoms. The monoisotopic (exact) mass is 755 g/mol. The van der Waals surface area contributed by atoms with Crippen LogP contribution in [0.25, 0.3) is 0 Å². The molecule has 4 N–H and O–H groups in total. The average Bonchev–Trinajstić information content (AvgIpc) is 3.03. The SMILES string of the molecule is CC(C)CC(=O)O[C@@H]1[C@H](C)O[C@H](O[C@H]2[C@H](N(C)C)[C@@H](O)[C@@H](O[C@@H]3C[C@H](O)CC(=O)O[C@H](C)C/C=C/C=C/[C@H](O)[C@H](C)C[C@@H]3CC=O)O[C@H]2C)C[C@]1(C)O. The fourth-order valence-corrected chi connectivity index (χ4v) is 7.48. The Kier molecular flexibility index (Phi) is 17.5. The number of hydrogen-bond donors (Lipinski definition) is 4. The Morgan fingerprint density at radius 2 is 1.75 bits per heavy atom. The van der Waals surface area contributed by atoms with Crippen molar-refractivity contribution in [3.05, 3.63) is 24.3 Å². The molecule has 0 bridgehead atoms. The Balaban J connectivity index is 1.83. The van der Waals surface area contributed by atoms with Crippen molar-refractivity contribution in [3.8, 4) is 0 Å². The van der Waals surface area contributed by atoms with Gasteiger partial charge in [0.25, 0.3) is 0 Å². The van der Waals surface area contributed by atoms with Gasteiger partial charge in [-0.25, -0.2) is 0 Å². The predicted molar refractivity (Wildman–Crippen MR) is 194 cm³/mol. The first-order chi connectivity index (χ1) is 24.8. The van der Waals surface area contributed by atoms with Gasteiger partial charge < -0.3 is 58.5 Å². The molecule has 0 aliphatic carbocycles. The predicted octanol–water partition coefficient (Wildman–Crippen LogP) is 2.82. The van der Waals surface area contributed by atoms with Crippen LogP contribution in [0.2, 0.25) is 0 Å². The summed E-state index contributed by atoms with van der Waals surface area (Å²) in [6.07, 6.45) is -1.47.